The van der Waals surface area contributed by atoms with Crippen molar-refractivity contribution in [1.29, 1.82) is 0 Å². The van der Waals surface area contributed by atoms with Crippen LogP contribution in [0.2, 0.25) is 0 Å². The van der Waals surface area contributed by atoms with Gasteiger partial charge in [0.2, 0.25) is 0 Å². The average Bonchev–Trinajstić information content (AvgIpc) is 3.31. The number of nitrogens with one attached hydrogen (secondary N) is 1. The largest absolute Gasteiger partial charge is 0.377 e. The lowest BCUT2D eigenvalue weighted by Crippen LogP contribution is -2.47. The molecule has 1 N–H and O–H groups in total. The second-order valence-corrected chi connectivity index (χ2v) is 6.00. The third-order valence-electron chi connectivity index (χ3n) is 4.17. The van der Waals surface area contributed by atoms with Gasteiger partial charge in [-0.15, -0.1) is 0 Å². The van der Waals surface area contributed by atoms with Crippen LogP contribution in [0.25, 0.3) is 0 Å². The molecule has 0 atom stereocenters. The molecule has 2 fully saturated rings. The van der Waals surface area contributed by atoms with Crippen LogP contribution in [0.4, 0.5) is 11.4 Å². The number of hydrogen-bond donors (Lipinski definition) is 1. The van der Waals surface area contributed by atoms with Crippen LogP contribution in [-0.4, -0.2) is 59.9 Å². The molecule has 0 unspecified atom stereocenters. The highest BCUT2D eigenvalue weighted by molar-refractivity contribution is 5.95. The molecular weight excluding hydrogens is 284 g/mol. The van der Waals surface area contributed by atoms with E-state index in [0.29, 0.717) is 30.4 Å². The van der Waals surface area contributed by atoms with E-state index in [9.17, 15) is 14.9 Å². The van der Waals surface area contributed by atoms with Crippen molar-refractivity contribution >= 4 is 17.3 Å². The lowest BCUT2D eigenvalue weighted by Gasteiger charge is -2.32. The molecule has 0 aromatic heterocycles. The summed E-state index contributed by atoms with van der Waals surface area (Å²) in [6.45, 7) is 2.97. The van der Waals surface area contributed by atoms with Crippen molar-refractivity contribution < 1.29 is 9.72 Å². The molecule has 1 aromatic carbocycles. The van der Waals surface area contributed by atoms with Gasteiger partial charge in [-0.1, -0.05) is 0 Å². The van der Waals surface area contributed by atoms with Gasteiger partial charge in [0, 0.05) is 43.9 Å². The van der Waals surface area contributed by atoms with Crippen LogP contribution >= 0.6 is 0 Å². The van der Waals surface area contributed by atoms with Gasteiger partial charge in [-0.05, 0) is 32.0 Å². The van der Waals surface area contributed by atoms with Gasteiger partial charge < -0.3 is 15.1 Å². The molecule has 1 aromatic rings. The summed E-state index contributed by atoms with van der Waals surface area (Å²) in [7, 11) is 2.02. The standard InChI is InChI=1S/C15H20N4O3/c1-17-6-8-18(9-7-17)15(20)11-2-5-13(16-12-3-4-12)14(10-11)19(21)22/h2,5,10,12,16H,3-4,6-9H2,1H3. The summed E-state index contributed by atoms with van der Waals surface area (Å²) in [6.07, 6.45) is 2.08. The minimum absolute atomic E-state index is 0.0214. The Hall–Kier alpha value is -2.15. The number of nitro groups is 1. The van der Waals surface area contributed by atoms with E-state index in [0.717, 1.165) is 25.9 Å². The maximum Gasteiger partial charge on any atom is 0.293 e. The van der Waals surface area contributed by atoms with Crippen LogP contribution in [0, 0.1) is 10.1 Å². The zero-order valence-corrected chi connectivity index (χ0v) is 12.6. The smallest absolute Gasteiger partial charge is 0.293 e. The number of amides is 1. The number of benzene rings is 1. The third kappa shape index (κ3) is 3.19. The Labute approximate surface area is 129 Å². The van der Waals surface area contributed by atoms with E-state index in [4.69, 9.17) is 0 Å². The van der Waals surface area contributed by atoms with E-state index in [2.05, 4.69) is 10.2 Å². The maximum atomic E-state index is 12.5. The maximum absolute atomic E-state index is 12.5. The first kappa shape index (κ1) is 14.8. The predicted octanol–water partition coefficient (Wildman–Crippen LogP) is 1.56. The van der Waals surface area contributed by atoms with Crippen LogP contribution in [0.1, 0.15) is 23.2 Å². The second kappa shape index (κ2) is 5.92. The molecule has 2 aliphatic rings. The van der Waals surface area contributed by atoms with Crippen LogP contribution in [0.3, 0.4) is 0 Å². The molecule has 0 spiro atoms. The minimum Gasteiger partial charge on any atom is -0.377 e. The average molecular weight is 304 g/mol. The molecule has 3 rings (SSSR count). The predicted molar refractivity (Wildman–Crippen MR) is 83.1 cm³/mol. The van der Waals surface area contributed by atoms with Crippen LogP contribution in [0.5, 0.6) is 0 Å². The van der Waals surface area contributed by atoms with Crippen molar-refractivity contribution in [2.75, 3.05) is 38.5 Å². The Balaban J connectivity index is 1.79. The molecule has 1 amide bonds. The van der Waals surface area contributed by atoms with Gasteiger partial charge >= 0.3 is 0 Å². The Kier molecular flexibility index (Phi) is 3.98. The fourth-order valence-corrected chi connectivity index (χ4v) is 2.58. The van der Waals surface area contributed by atoms with Crippen molar-refractivity contribution in [2.24, 2.45) is 0 Å². The first-order valence-corrected chi connectivity index (χ1v) is 7.57. The van der Waals surface area contributed by atoms with Crippen LogP contribution < -0.4 is 5.32 Å². The van der Waals surface area contributed by atoms with Gasteiger partial charge in [0.15, 0.2) is 0 Å². The summed E-state index contributed by atoms with van der Waals surface area (Å²) < 4.78 is 0. The number of rotatable bonds is 4. The van der Waals surface area contributed by atoms with Crippen molar-refractivity contribution in [3.63, 3.8) is 0 Å². The molecule has 0 bridgehead atoms. The van der Waals surface area contributed by atoms with Gasteiger partial charge in [-0.2, -0.15) is 0 Å². The molecule has 22 heavy (non-hydrogen) atoms. The molecule has 1 heterocycles. The lowest BCUT2D eigenvalue weighted by atomic mass is 10.1. The Morgan fingerprint density at radius 1 is 1.27 bits per heavy atom. The topological polar surface area (TPSA) is 78.7 Å². The molecule has 1 aliphatic carbocycles. The fraction of sp³-hybridized carbons (Fsp3) is 0.533. The van der Waals surface area contributed by atoms with Crippen LogP contribution in [-0.2, 0) is 0 Å². The fourth-order valence-electron chi connectivity index (χ4n) is 2.58. The summed E-state index contributed by atoms with van der Waals surface area (Å²) in [5, 5.41) is 14.4. The van der Waals surface area contributed by atoms with Crippen molar-refractivity contribution in [3.8, 4) is 0 Å². The Morgan fingerprint density at radius 2 is 1.95 bits per heavy atom. The van der Waals surface area contributed by atoms with Gasteiger partial charge in [0.25, 0.3) is 11.6 Å². The number of carbonyl (C=O) groups is 1. The number of nitro benzene ring substituents is 1. The molecule has 1 aliphatic heterocycles. The zero-order chi connectivity index (χ0) is 15.7. The van der Waals surface area contributed by atoms with E-state index in [1.54, 1.807) is 17.0 Å². The molecule has 7 nitrogen and oxygen atoms in total. The minimum atomic E-state index is -0.425. The van der Waals surface area contributed by atoms with E-state index in [1.807, 2.05) is 7.05 Å². The Morgan fingerprint density at radius 3 is 2.55 bits per heavy atom. The third-order valence-corrected chi connectivity index (χ3v) is 4.17. The van der Waals surface area contributed by atoms with Gasteiger partial charge in [-0.25, -0.2) is 0 Å². The molecular formula is C15H20N4O3. The monoisotopic (exact) mass is 304 g/mol. The number of carbonyl (C=O) groups excluding carboxylic acids is 1. The summed E-state index contributed by atoms with van der Waals surface area (Å²) in [4.78, 5) is 27.2. The number of likely N-dealkylation sites (N-methyl/N-ethyl adjacent to an activating group) is 1. The lowest BCUT2D eigenvalue weighted by molar-refractivity contribution is -0.384. The number of hydrogen-bond acceptors (Lipinski definition) is 5. The molecule has 118 valence electrons. The normalized spacial score (nSPS) is 19.0. The highest BCUT2D eigenvalue weighted by atomic mass is 16.6. The van der Waals surface area contributed by atoms with Crippen molar-refractivity contribution in [2.45, 2.75) is 18.9 Å². The molecule has 7 heteroatoms. The second-order valence-electron chi connectivity index (χ2n) is 6.00. The summed E-state index contributed by atoms with van der Waals surface area (Å²) in [6, 6.07) is 5.06. The van der Waals surface area contributed by atoms with E-state index in [1.165, 1.54) is 6.07 Å². The quantitative estimate of drug-likeness (QED) is 0.674. The first-order chi connectivity index (χ1) is 10.5. The molecule has 1 saturated carbocycles. The van der Waals surface area contributed by atoms with E-state index < -0.39 is 4.92 Å². The number of piperazine rings is 1. The van der Waals surface area contributed by atoms with E-state index in [-0.39, 0.29) is 11.6 Å². The van der Waals surface area contributed by atoms with Crippen molar-refractivity contribution in [1.82, 2.24) is 9.80 Å². The molecule has 0 radical (unpaired) electrons. The highest BCUT2D eigenvalue weighted by Crippen LogP contribution is 2.31. The van der Waals surface area contributed by atoms with Gasteiger partial charge in [0.1, 0.15) is 5.69 Å². The zero-order valence-electron chi connectivity index (χ0n) is 12.6. The highest BCUT2D eigenvalue weighted by Gasteiger charge is 2.27. The van der Waals surface area contributed by atoms with Crippen molar-refractivity contribution in [3.05, 3.63) is 33.9 Å². The van der Waals surface area contributed by atoms with Gasteiger partial charge in [-0.3, -0.25) is 14.9 Å². The SMILES string of the molecule is CN1CCN(C(=O)c2ccc(NC3CC3)c([N+](=O)[O-])c2)CC1. The Bertz CT molecular complexity index is 592. The summed E-state index contributed by atoms with van der Waals surface area (Å²) >= 11 is 0. The summed E-state index contributed by atoms with van der Waals surface area (Å²) in [5.74, 6) is -0.130. The molecule has 1 saturated heterocycles. The first-order valence-electron chi connectivity index (χ1n) is 7.57. The summed E-state index contributed by atoms with van der Waals surface area (Å²) in [5.41, 5.74) is 0.868. The van der Waals surface area contributed by atoms with Gasteiger partial charge in [0.05, 0.1) is 4.92 Å². The number of nitrogens with zero attached hydrogens (tertiary/aromatic N) is 3. The van der Waals surface area contributed by atoms with Crippen LogP contribution in [0.15, 0.2) is 18.2 Å². The number of anilines is 1. The van der Waals surface area contributed by atoms with E-state index >= 15 is 0 Å².